The Morgan fingerprint density at radius 3 is 3.06 bits per heavy atom. The van der Waals surface area contributed by atoms with Gasteiger partial charge in [0.05, 0.1) is 23.6 Å². The molecule has 4 rings (SSSR count). The lowest BCUT2D eigenvalue weighted by atomic mass is 10.0. The number of hydrogen-bond acceptors (Lipinski definition) is 3. The summed E-state index contributed by atoms with van der Waals surface area (Å²) < 4.78 is 1.98. The highest BCUT2D eigenvalue weighted by atomic mass is 15.3. The molecule has 0 saturated carbocycles. The van der Waals surface area contributed by atoms with E-state index in [1.165, 1.54) is 0 Å². The van der Waals surface area contributed by atoms with Gasteiger partial charge in [-0.05, 0) is 18.2 Å². The number of fused-ring (bicyclic) bond motifs is 2. The zero-order valence-corrected chi connectivity index (χ0v) is 9.61. The minimum absolute atomic E-state index is 0.775. The van der Waals surface area contributed by atoms with Crippen molar-refractivity contribution in [2.75, 3.05) is 0 Å². The van der Waals surface area contributed by atoms with Crippen LogP contribution in [0.1, 0.15) is 6.42 Å². The van der Waals surface area contributed by atoms with Crippen molar-refractivity contribution in [3.63, 3.8) is 0 Å². The predicted molar refractivity (Wildman–Crippen MR) is 72.6 cm³/mol. The largest absolute Gasteiger partial charge is 0.237 e. The standard InChI is InChI=1S/C14H10N4/c1-2-4-14-11(3-1)9-16-18(14)12-6-5-10-8-15-17-13(10)7-12/h1-6,8-9H,7H2. The number of hydrogen-bond donors (Lipinski definition) is 0. The van der Waals surface area contributed by atoms with Gasteiger partial charge in [-0.15, -0.1) is 0 Å². The second kappa shape index (κ2) is 3.50. The van der Waals surface area contributed by atoms with Gasteiger partial charge in [0.2, 0.25) is 0 Å². The Balaban J connectivity index is 1.85. The van der Waals surface area contributed by atoms with E-state index in [4.69, 9.17) is 0 Å². The smallest absolute Gasteiger partial charge is 0.0778 e. The van der Waals surface area contributed by atoms with Gasteiger partial charge in [0.25, 0.3) is 0 Å². The SMILES string of the molecule is C1=NN=C2CC(n3ncc4ccccc43)=CC=C12. The number of nitrogens with zero attached hydrogens (tertiary/aromatic N) is 4. The van der Waals surface area contributed by atoms with E-state index in [1.54, 1.807) is 6.21 Å². The fraction of sp³-hybridized carbons (Fsp3) is 0.0714. The molecule has 0 saturated heterocycles. The quantitative estimate of drug-likeness (QED) is 0.748. The van der Waals surface area contributed by atoms with Crippen molar-refractivity contribution >= 4 is 28.5 Å². The topological polar surface area (TPSA) is 42.5 Å². The molecule has 0 N–H and O–H groups in total. The molecule has 0 radical (unpaired) electrons. The van der Waals surface area contributed by atoms with E-state index in [1.807, 2.05) is 29.1 Å². The monoisotopic (exact) mass is 234 g/mol. The van der Waals surface area contributed by atoms with Crippen molar-refractivity contribution < 1.29 is 0 Å². The third-order valence-electron chi connectivity index (χ3n) is 3.26. The Bertz CT molecular complexity index is 759. The molecule has 0 bridgehead atoms. The van der Waals surface area contributed by atoms with E-state index in [0.29, 0.717) is 0 Å². The molecule has 0 unspecified atom stereocenters. The zero-order chi connectivity index (χ0) is 11.9. The van der Waals surface area contributed by atoms with Crippen LogP contribution in [0.2, 0.25) is 0 Å². The van der Waals surface area contributed by atoms with Crippen molar-refractivity contribution in [3.05, 3.63) is 48.2 Å². The fourth-order valence-corrected chi connectivity index (χ4v) is 2.33. The van der Waals surface area contributed by atoms with Crippen LogP contribution in [0.5, 0.6) is 0 Å². The van der Waals surface area contributed by atoms with E-state index in [2.05, 4.69) is 33.5 Å². The summed E-state index contributed by atoms with van der Waals surface area (Å²) in [7, 11) is 0. The highest BCUT2D eigenvalue weighted by Gasteiger charge is 2.18. The van der Waals surface area contributed by atoms with E-state index >= 15 is 0 Å². The molecule has 2 aromatic rings. The Hall–Kier alpha value is -2.49. The second-order valence-electron chi connectivity index (χ2n) is 4.36. The molecule has 4 nitrogen and oxygen atoms in total. The lowest BCUT2D eigenvalue weighted by Crippen LogP contribution is -2.10. The van der Waals surface area contributed by atoms with Crippen molar-refractivity contribution in [1.29, 1.82) is 0 Å². The highest BCUT2D eigenvalue weighted by molar-refractivity contribution is 6.22. The van der Waals surface area contributed by atoms with Gasteiger partial charge in [0.1, 0.15) is 0 Å². The second-order valence-corrected chi connectivity index (χ2v) is 4.36. The Labute approximate surface area is 104 Å². The maximum Gasteiger partial charge on any atom is 0.0778 e. The summed E-state index contributed by atoms with van der Waals surface area (Å²) >= 11 is 0. The van der Waals surface area contributed by atoms with Gasteiger partial charge < -0.3 is 0 Å². The molecule has 0 amide bonds. The minimum atomic E-state index is 0.775. The van der Waals surface area contributed by atoms with Gasteiger partial charge in [-0.1, -0.05) is 18.2 Å². The molecule has 86 valence electrons. The summed E-state index contributed by atoms with van der Waals surface area (Å²) in [6, 6.07) is 8.20. The fourth-order valence-electron chi connectivity index (χ4n) is 2.33. The van der Waals surface area contributed by atoms with Gasteiger partial charge in [-0.3, -0.25) is 0 Å². The van der Waals surface area contributed by atoms with Crippen LogP contribution in [0.4, 0.5) is 0 Å². The Kier molecular flexibility index (Phi) is 1.85. The van der Waals surface area contributed by atoms with Crippen LogP contribution in [0.3, 0.4) is 0 Å². The molecule has 18 heavy (non-hydrogen) atoms. The lowest BCUT2D eigenvalue weighted by molar-refractivity contribution is 0.911. The van der Waals surface area contributed by atoms with Crippen LogP contribution in [0.25, 0.3) is 16.6 Å². The Morgan fingerprint density at radius 2 is 2.06 bits per heavy atom. The normalized spacial score (nSPS) is 17.4. The molecule has 1 aromatic carbocycles. The van der Waals surface area contributed by atoms with Crippen LogP contribution in [0.15, 0.2) is 58.4 Å². The van der Waals surface area contributed by atoms with Crippen molar-refractivity contribution in [2.24, 2.45) is 10.2 Å². The highest BCUT2D eigenvalue weighted by Crippen LogP contribution is 2.25. The maximum absolute atomic E-state index is 4.46. The summed E-state index contributed by atoms with van der Waals surface area (Å²) in [6.45, 7) is 0. The molecule has 2 aliphatic rings. The van der Waals surface area contributed by atoms with Crippen LogP contribution < -0.4 is 0 Å². The summed E-state index contributed by atoms with van der Waals surface area (Å²) in [5.74, 6) is 0. The number of para-hydroxylation sites is 1. The molecule has 4 heteroatoms. The predicted octanol–water partition coefficient (Wildman–Crippen LogP) is 2.65. The Morgan fingerprint density at radius 1 is 1.11 bits per heavy atom. The molecule has 2 heterocycles. The number of aromatic nitrogens is 2. The molecule has 0 atom stereocenters. The minimum Gasteiger partial charge on any atom is -0.237 e. The number of rotatable bonds is 1. The third kappa shape index (κ3) is 1.29. The average molecular weight is 234 g/mol. The maximum atomic E-state index is 4.46. The van der Waals surface area contributed by atoms with E-state index in [9.17, 15) is 0 Å². The van der Waals surface area contributed by atoms with Gasteiger partial charge in [-0.2, -0.15) is 15.3 Å². The first-order valence-electron chi connectivity index (χ1n) is 5.86. The van der Waals surface area contributed by atoms with Crippen molar-refractivity contribution in [3.8, 4) is 0 Å². The average Bonchev–Trinajstić information content (AvgIpc) is 3.04. The summed E-state index contributed by atoms with van der Waals surface area (Å²) in [4.78, 5) is 0. The third-order valence-corrected chi connectivity index (χ3v) is 3.26. The van der Waals surface area contributed by atoms with E-state index in [0.717, 1.165) is 34.3 Å². The van der Waals surface area contributed by atoms with E-state index < -0.39 is 0 Å². The first-order valence-corrected chi connectivity index (χ1v) is 5.86. The summed E-state index contributed by atoms with van der Waals surface area (Å²) in [6.07, 6.45) is 8.60. The van der Waals surface area contributed by atoms with Gasteiger partial charge in [0.15, 0.2) is 0 Å². The molecular formula is C14H10N4. The van der Waals surface area contributed by atoms with Crippen LogP contribution in [-0.2, 0) is 0 Å². The molecule has 1 aliphatic heterocycles. The molecule has 1 aliphatic carbocycles. The number of allylic oxidation sites excluding steroid dienone is 4. The van der Waals surface area contributed by atoms with Gasteiger partial charge in [-0.25, -0.2) is 4.68 Å². The number of benzene rings is 1. The zero-order valence-electron chi connectivity index (χ0n) is 9.61. The van der Waals surface area contributed by atoms with Crippen LogP contribution >= 0.6 is 0 Å². The van der Waals surface area contributed by atoms with Crippen LogP contribution in [0, 0.1) is 0 Å². The first-order chi connectivity index (χ1) is 8.92. The van der Waals surface area contributed by atoms with Gasteiger partial charge >= 0.3 is 0 Å². The lowest BCUT2D eigenvalue weighted by Gasteiger charge is -2.12. The first kappa shape index (κ1) is 9.53. The summed E-state index contributed by atoms with van der Waals surface area (Å²) in [5, 5.41) is 13.7. The molecule has 1 aromatic heterocycles. The van der Waals surface area contributed by atoms with Gasteiger partial charge in [0, 0.05) is 23.1 Å². The van der Waals surface area contributed by atoms with Crippen molar-refractivity contribution in [1.82, 2.24) is 9.78 Å². The molecular weight excluding hydrogens is 224 g/mol. The molecule has 0 spiro atoms. The van der Waals surface area contributed by atoms with Crippen LogP contribution in [-0.4, -0.2) is 21.7 Å². The van der Waals surface area contributed by atoms with Crippen molar-refractivity contribution in [2.45, 2.75) is 6.42 Å². The summed E-state index contributed by atoms with van der Waals surface area (Å²) in [5.41, 5.74) is 4.38. The molecule has 0 fully saturated rings. The van der Waals surface area contributed by atoms with E-state index in [-0.39, 0.29) is 0 Å².